The Bertz CT molecular complexity index is 1090. The zero-order chi connectivity index (χ0) is 18.2. The number of hydrogen-bond acceptors (Lipinski definition) is 5. The summed E-state index contributed by atoms with van der Waals surface area (Å²) in [5.41, 5.74) is 4.29. The maximum atomic E-state index is 4.67. The molecule has 1 N–H and O–H groups in total. The average molecular weight is 358 g/mol. The summed E-state index contributed by atoms with van der Waals surface area (Å²) in [6.07, 6.45) is 7.98. The number of nitrogens with zero attached hydrogens (tertiary/aromatic N) is 5. The Labute approximate surface area is 157 Å². The normalized spacial score (nSPS) is 16.2. The van der Waals surface area contributed by atoms with E-state index in [0.717, 1.165) is 53.5 Å². The third-order valence-corrected chi connectivity index (χ3v) is 5.38. The maximum absolute atomic E-state index is 4.67. The van der Waals surface area contributed by atoms with Crippen molar-refractivity contribution in [3.05, 3.63) is 55.0 Å². The topological polar surface area (TPSA) is 58.3 Å². The van der Waals surface area contributed by atoms with Crippen LogP contribution in [0.2, 0.25) is 0 Å². The van der Waals surface area contributed by atoms with Crippen molar-refractivity contribution in [3.8, 4) is 11.1 Å². The van der Waals surface area contributed by atoms with Gasteiger partial charge in [0.2, 0.25) is 5.95 Å². The first-order valence-corrected chi connectivity index (χ1v) is 9.41. The molecule has 1 saturated heterocycles. The van der Waals surface area contributed by atoms with Gasteiger partial charge in [0.25, 0.3) is 0 Å². The molecule has 1 fully saturated rings. The minimum absolute atomic E-state index is 0.446. The summed E-state index contributed by atoms with van der Waals surface area (Å²) < 4.78 is 1.91. The molecule has 0 saturated carbocycles. The second-order valence-electron chi connectivity index (χ2n) is 7.27. The van der Waals surface area contributed by atoms with Crippen molar-refractivity contribution in [3.63, 3.8) is 0 Å². The van der Waals surface area contributed by atoms with Crippen molar-refractivity contribution in [1.82, 2.24) is 24.5 Å². The molecule has 0 bridgehead atoms. The lowest BCUT2D eigenvalue weighted by Crippen LogP contribution is -2.37. The van der Waals surface area contributed by atoms with Crippen LogP contribution in [0.1, 0.15) is 12.8 Å². The van der Waals surface area contributed by atoms with Gasteiger partial charge in [0.15, 0.2) is 0 Å². The predicted molar refractivity (Wildman–Crippen MR) is 108 cm³/mol. The number of benzene rings is 1. The molecular weight excluding hydrogens is 336 g/mol. The predicted octanol–water partition coefficient (Wildman–Crippen LogP) is 3.45. The van der Waals surface area contributed by atoms with E-state index in [0.29, 0.717) is 12.0 Å². The van der Waals surface area contributed by atoms with Gasteiger partial charge in [0, 0.05) is 29.4 Å². The standard InChI is InChI=1S/C21H22N6/c1-26-10-6-17(7-11-26)24-21-23-14-20-18(8-12-27(20)25-21)15-4-5-19-16(13-15)3-2-9-22-19/h2-5,8-9,12-14,17H,6-7,10-11H2,1H3,(H,24,25). The van der Waals surface area contributed by atoms with Gasteiger partial charge in [-0.25, -0.2) is 9.50 Å². The summed E-state index contributed by atoms with van der Waals surface area (Å²) in [6.45, 7) is 2.23. The van der Waals surface area contributed by atoms with Crippen molar-refractivity contribution in [1.29, 1.82) is 0 Å². The number of piperidine rings is 1. The molecule has 5 rings (SSSR count). The Morgan fingerprint density at radius 3 is 2.85 bits per heavy atom. The zero-order valence-electron chi connectivity index (χ0n) is 15.3. The second kappa shape index (κ2) is 6.63. The maximum Gasteiger partial charge on any atom is 0.241 e. The van der Waals surface area contributed by atoms with E-state index in [4.69, 9.17) is 0 Å². The molecule has 0 amide bonds. The number of pyridine rings is 1. The highest BCUT2D eigenvalue weighted by molar-refractivity contribution is 5.88. The van der Waals surface area contributed by atoms with E-state index >= 15 is 0 Å². The molecule has 136 valence electrons. The molecule has 0 radical (unpaired) electrons. The van der Waals surface area contributed by atoms with Gasteiger partial charge in [-0.15, -0.1) is 5.10 Å². The van der Waals surface area contributed by atoms with Crippen LogP contribution in [0.25, 0.3) is 27.5 Å². The summed E-state index contributed by atoms with van der Waals surface area (Å²) in [7, 11) is 2.17. The third-order valence-electron chi connectivity index (χ3n) is 5.38. The summed E-state index contributed by atoms with van der Waals surface area (Å²) >= 11 is 0. The van der Waals surface area contributed by atoms with Gasteiger partial charge >= 0.3 is 0 Å². The molecule has 0 aliphatic carbocycles. The van der Waals surface area contributed by atoms with Crippen LogP contribution in [0, 0.1) is 0 Å². The van der Waals surface area contributed by atoms with E-state index in [1.807, 2.05) is 29.2 Å². The highest BCUT2D eigenvalue weighted by atomic mass is 15.3. The molecule has 0 spiro atoms. The molecule has 1 aliphatic rings. The Kier molecular flexibility index (Phi) is 3.98. The number of aromatic nitrogens is 4. The number of likely N-dealkylation sites (tertiary alicyclic amines) is 1. The number of anilines is 1. The third kappa shape index (κ3) is 3.13. The molecule has 3 aromatic heterocycles. The van der Waals surface area contributed by atoms with Gasteiger partial charge in [-0.05, 0) is 62.8 Å². The highest BCUT2D eigenvalue weighted by Gasteiger charge is 2.17. The SMILES string of the molecule is CN1CCC(Nc2ncc3c(-c4ccc5ncccc5c4)ccn3n2)CC1. The van der Waals surface area contributed by atoms with Gasteiger partial charge in [0.05, 0.1) is 17.2 Å². The van der Waals surface area contributed by atoms with E-state index in [2.05, 4.69) is 62.7 Å². The number of rotatable bonds is 3. The first kappa shape index (κ1) is 16.2. The van der Waals surface area contributed by atoms with Crippen LogP contribution >= 0.6 is 0 Å². The molecule has 1 aliphatic heterocycles. The molecule has 4 aromatic rings. The van der Waals surface area contributed by atoms with Crippen LogP contribution < -0.4 is 5.32 Å². The molecule has 0 unspecified atom stereocenters. The minimum atomic E-state index is 0.446. The van der Waals surface area contributed by atoms with Crippen LogP contribution in [0.15, 0.2) is 55.0 Å². The van der Waals surface area contributed by atoms with Crippen LogP contribution in [0.3, 0.4) is 0 Å². The molecule has 6 nitrogen and oxygen atoms in total. The number of fused-ring (bicyclic) bond motifs is 2. The monoisotopic (exact) mass is 358 g/mol. The fourth-order valence-corrected chi connectivity index (χ4v) is 3.79. The van der Waals surface area contributed by atoms with Gasteiger partial charge in [-0.2, -0.15) is 0 Å². The fourth-order valence-electron chi connectivity index (χ4n) is 3.79. The van der Waals surface area contributed by atoms with Crippen molar-refractivity contribution in [2.45, 2.75) is 18.9 Å². The minimum Gasteiger partial charge on any atom is -0.350 e. The van der Waals surface area contributed by atoms with E-state index in [9.17, 15) is 0 Å². The van der Waals surface area contributed by atoms with Crippen molar-refractivity contribution in [2.75, 3.05) is 25.5 Å². The highest BCUT2D eigenvalue weighted by Crippen LogP contribution is 2.28. The van der Waals surface area contributed by atoms with Crippen LogP contribution in [-0.4, -0.2) is 50.7 Å². The summed E-state index contributed by atoms with van der Waals surface area (Å²) in [5, 5.41) is 9.29. The smallest absolute Gasteiger partial charge is 0.241 e. The summed E-state index contributed by atoms with van der Waals surface area (Å²) in [4.78, 5) is 11.3. The van der Waals surface area contributed by atoms with E-state index in [1.54, 1.807) is 0 Å². The Balaban J connectivity index is 1.44. The van der Waals surface area contributed by atoms with Crippen LogP contribution in [-0.2, 0) is 0 Å². The van der Waals surface area contributed by atoms with E-state index in [1.165, 1.54) is 0 Å². The second-order valence-corrected chi connectivity index (χ2v) is 7.27. The zero-order valence-corrected chi connectivity index (χ0v) is 15.3. The summed E-state index contributed by atoms with van der Waals surface area (Å²) in [6, 6.07) is 12.9. The molecular formula is C21H22N6. The van der Waals surface area contributed by atoms with Crippen LogP contribution in [0.5, 0.6) is 0 Å². The van der Waals surface area contributed by atoms with Gasteiger partial charge < -0.3 is 10.2 Å². The first-order chi connectivity index (χ1) is 13.3. The molecule has 0 atom stereocenters. The number of hydrogen-bond donors (Lipinski definition) is 1. The molecule has 4 heterocycles. The van der Waals surface area contributed by atoms with Crippen molar-refractivity contribution in [2.24, 2.45) is 0 Å². The lowest BCUT2D eigenvalue weighted by Gasteiger charge is -2.29. The van der Waals surface area contributed by atoms with Gasteiger partial charge in [0.1, 0.15) is 0 Å². The average Bonchev–Trinajstić information content (AvgIpc) is 3.12. The van der Waals surface area contributed by atoms with Crippen molar-refractivity contribution < 1.29 is 0 Å². The largest absolute Gasteiger partial charge is 0.350 e. The Hall–Kier alpha value is -2.99. The Morgan fingerprint density at radius 1 is 1.07 bits per heavy atom. The van der Waals surface area contributed by atoms with E-state index in [-0.39, 0.29) is 0 Å². The summed E-state index contributed by atoms with van der Waals surface area (Å²) in [5.74, 6) is 0.696. The van der Waals surface area contributed by atoms with E-state index < -0.39 is 0 Å². The fraction of sp³-hybridized carbons (Fsp3) is 0.286. The first-order valence-electron chi connectivity index (χ1n) is 9.41. The lowest BCUT2D eigenvalue weighted by atomic mass is 10.0. The molecule has 1 aromatic carbocycles. The quantitative estimate of drug-likeness (QED) is 0.608. The molecule has 27 heavy (non-hydrogen) atoms. The lowest BCUT2D eigenvalue weighted by molar-refractivity contribution is 0.263. The van der Waals surface area contributed by atoms with Crippen LogP contribution in [0.4, 0.5) is 5.95 Å². The number of nitrogens with one attached hydrogen (secondary N) is 1. The van der Waals surface area contributed by atoms with Crippen molar-refractivity contribution >= 4 is 22.4 Å². The van der Waals surface area contributed by atoms with Gasteiger partial charge in [-0.3, -0.25) is 4.98 Å². The molecule has 6 heteroatoms. The van der Waals surface area contributed by atoms with Gasteiger partial charge in [-0.1, -0.05) is 12.1 Å². The Morgan fingerprint density at radius 2 is 1.96 bits per heavy atom.